The summed E-state index contributed by atoms with van der Waals surface area (Å²) in [6.07, 6.45) is -0.368. The number of carbonyl (C=O) groups is 2. The number of nitrogens with zero attached hydrogens (tertiary/aromatic N) is 3. The molecule has 0 aliphatic carbocycles. The van der Waals surface area contributed by atoms with Gasteiger partial charge in [0.25, 0.3) is 5.91 Å². The maximum absolute atomic E-state index is 12.5. The molecule has 8 heteroatoms. The third-order valence-corrected chi connectivity index (χ3v) is 6.20. The van der Waals surface area contributed by atoms with Gasteiger partial charge in [0.15, 0.2) is 0 Å². The summed E-state index contributed by atoms with van der Waals surface area (Å²) >= 11 is 2.23. The molecule has 2 amide bonds. The van der Waals surface area contributed by atoms with Gasteiger partial charge in [0.05, 0.1) is 21.4 Å². The molecule has 0 saturated heterocycles. The number of carbonyl (C=O) groups excluding carboxylic acids is 1. The van der Waals surface area contributed by atoms with E-state index in [4.69, 9.17) is 0 Å². The number of rotatable bonds is 4. The number of hydrogen-bond acceptors (Lipinski definition) is 3. The topological polar surface area (TPSA) is 98.4 Å². The van der Waals surface area contributed by atoms with Crippen LogP contribution in [0.2, 0.25) is 0 Å². The lowest BCUT2D eigenvalue weighted by Crippen LogP contribution is -2.47. The zero-order chi connectivity index (χ0) is 21.3. The van der Waals surface area contributed by atoms with Crippen molar-refractivity contribution in [2.75, 3.05) is 13.1 Å². The molecule has 0 saturated carbocycles. The molecular formula is C21H23IN4O3. The predicted octanol–water partition coefficient (Wildman–Crippen LogP) is 4.08. The highest BCUT2D eigenvalue weighted by atomic mass is 127. The van der Waals surface area contributed by atoms with E-state index in [2.05, 4.69) is 34.0 Å². The molecule has 7 nitrogen and oxygen atoms in total. The molecule has 0 spiro atoms. The minimum atomic E-state index is -0.950. The summed E-state index contributed by atoms with van der Waals surface area (Å²) in [5, 5.41) is 21.7. The van der Waals surface area contributed by atoms with Crippen LogP contribution in [0.1, 0.15) is 49.3 Å². The number of nitriles is 1. The largest absolute Gasteiger partial charge is 0.465 e. The zero-order valence-corrected chi connectivity index (χ0v) is 18.7. The average Bonchev–Trinajstić information content (AvgIpc) is 3.01. The highest BCUT2D eigenvalue weighted by molar-refractivity contribution is 14.1. The summed E-state index contributed by atoms with van der Waals surface area (Å²) in [7, 11) is 0. The SMILES string of the molecule is CC(C)(C)N(CCC1CNC(=O)c2cc(-c3cccc(C#N)c3)c(I)n21)C(=O)O. The minimum absolute atomic E-state index is 0.0494. The van der Waals surface area contributed by atoms with Gasteiger partial charge in [-0.2, -0.15) is 5.26 Å². The van der Waals surface area contributed by atoms with Crippen LogP contribution in [0.5, 0.6) is 0 Å². The number of halogens is 1. The Morgan fingerprint density at radius 1 is 1.41 bits per heavy atom. The number of hydrogen-bond donors (Lipinski definition) is 2. The molecule has 2 N–H and O–H groups in total. The quantitative estimate of drug-likeness (QED) is 0.611. The van der Waals surface area contributed by atoms with Crippen molar-refractivity contribution in [3.05, 3.63) is 45.3 Å². The van der Waals surface area contributed by atoms with E-state index in [1.54, 1.807) is 6.07 Å². The van der Waals surface area contributed by atoms with Gasteiger partial charge in [-0.05, 0) is 73.5 Å². The van der Waals surface area contributed by atoms with Crippen LogP contribution in [0.15, 0.2) is 30.3 Å². The highest BCUT2D eigenvalue weighted by Crippen LogP contribution is 2.34. The fraction of sp³-hybridized carbons (Fsp3) is 0.381. The van der Waals surface area contributed by atoms with Crippen molar-refractivity contribution in [1.82, 2.24) is 14.8 Å². The van der Waals surface area contributed by atoms with Crippen molar-refractivity contribution in [2.45, 2.75) is 38.8 Å². The molecule has 0 fully saturated rings. The molecule has 1 unspecified atom stereocenters. The van der Waals surface area contributed by atoms with Gasteiger partial charge in [-0.15, -0.1) is 0 Å². The summed E-state index contributed by atoms with van der Waals surface area (Å²) in [6, 6.07) is 11.2. The first-order chi connectivity index (χ1) is 13.6. The van der Waals surface area contributed by atoms with Crippen molar-refractivity contribution >= 4 is 34.6 Å². The van der Waals surface area contributed by atoms with E-state index in [9.17, 15) is 20.0 Å². The summed E-state index contributed by atoms with van der Waals surface area (Å²) in [5.74, 6) is -0.146. The molecular weight excluding hydrogens is 483 g/mol. The first-order valence-electron chi connectivity index (χ1n) is 9.33. The molecule has 1 aliphatic rings. The van der Waals surface area contributed by atoms with Crippen LogP contribution < -0.4 is 5.32 Å². The molecule has 2 heterocycles. The molecule has 3 rings (SSSR count). The van der Waals surface area contributed by atoms with Crippen LogP contribution in [0, 0.1) is 15.0 Å². The van der Waals surface area contributed by atoms with Gasteiger partial charge >= 0.3 is 6.09 Å². The van der Waals surface area contributed by atoms with Crippen molar-refractivity contribution in [2.24, 2.45) is 0 Å². The van der Waals surface area contributed by atoms with E-state index < -0.39 is 11.6 Å². The van der Waals surface area contributed by atoms with Crippen LogP contribution >= 0.6 is 22.6 Å². The molecule has 2 aromatic rings. The number of nitrogens with one attached hydrogen (secondary N) is 1. The van der Waals surface area contributed by atoms with E-state index in [0.717, 1.165) is 14.8 Å². The number of carboxylic acid groups (broad SMARTS) is 1. The molecule has 0 radical (unpaired) electrons. The van der Waals surface area contributed by atoms with Crippen LogP contribution in [-0.4, -0.2) is 45.2 Å². The van der Waals surface area contributed by atoms with E-state index in [0.29, 0.717) is 30.8 Å². The second-order valence-corrected chi connectivity index (χ2v) is 9.08. The molecule has 1 aromatic heterocycles. The lowest BCUT2D eigenvalue weighted by Gasteiger charge is -2.35. The fourth-order valence-corrected chi connectivity index (χ4v) is 4.73. The third-order valence-electron chi connectivity index (χ3n) is 5.10. The smallest absolute Gasteiger partial charge is 0.407 e. The van der Waals surface area contributed by atoms with Crippen LogP contribution in [-0.2, 0) is 0 Å². The Hall–Kier alpha value is -2.54. The third kappa shape index (κ3) is 4.24. The van der Waals surface area contributed by atoms with Gasteiger partial charge < -0.3 is 19.9 Å². The lowest BCUT2D eigenvalue weighted by atomic mass is 10.0. The summed E-state index contributed by atoms with van der Waals surface area (Å²) < 4.78 is 2.90. The second kappa shape index (κ2) is 8.06. The molecule has 29 heavy (non-hydrogen) atoms. The number of aromatic nitrogens is 1. The predicted molar refractivity (Wildman–Crippen MR) is 118 cm³/mol. The van der Waals surface area contributed by atoms with E-state index in [1.807, 2.05) is 49.6 Å². The van der Waals surface area contributed by atoms with Crippen molar-refractivity contribution in [3.63, 3.8) is 0 Å². The Bertz CT molecular complexity index is 1000. The number of benzene rings is 1. The summed E-state index contributed by atoms with van der Waals surface area (Å²) in [6.45, 7) is 6.43. The van der Waals surface area contributed by atoms with Crippen LogP contribution in [0.25, 0.3) is 11.1 Å². The van der Waals surface area contributed by atoms with Crippen molar-refractivity contribution in [1.29, 1.82) is 5.26 Å². The van der Waals surface area contributed by atoms with Gasteiger partial charge in [-0.3, -0.25) is 4.79 Å². The average molecular weight is 506 g/mol. The van der Waals surface area contributed by atoms with Gasteiger partial charge in [0.1, 0.15) is 5.69 Å². The van der Waals surface area contributed by atoms with Gasteiger partial charge in [-0.1, -0.05) is 12.1 Å². The number of amides is 2. The Kier molecular flexibility index (Phi) is 5.89. The van der Waals surface area contributed by atoms with E-state index in [1.165, 1.54) is 4.90 Å². The zero-order valence-electron chi connectivity index (χ0n) is 16.6. The lowest BCUT2D eigenvalue weighted by molar-refractivity contribution is 0.0865. The molecule has 152 valence electrons. The second-order valence-electron chi connectivity index (χ2n) is 8.05. The Labute approximate surface area is 183 Å². The summed E-state index contributed by atoms with van der Waals surface area (Å²) in [5.41, 5.74) is 2.39. The van der Waals surface area contributed by atoms with Gasteiger partial charge in [0.2, 0.25) is 0 Å². The van der Waals surface area contributed by atoms with Gasteiger partial charge in [-0.25, -0.2) is 4.79 Å². The Balaban J connectivity index is 1.95. The first kappa shape index (κ1) is 21.2. The maximum Gasteiger partial charge on any atom is 0.407 e. The van der Waals surface area contributed by atoms with Crippen molar-refractivity contribution < 1.29 is 14.7 Å². The van der Waals surface area contributed by atoms with E-state index >= 15 is 0 Å². The molecule has 1 aromatic carbocycles. The molecule has 0 bridgehead atoms. The normalized spacial score (nSPS) is 16.0. The maximum atomic E-state index is 12.5. The monoisotopic (exact) mass is 506 g/mol. The first-order valence-corrected chi connectivity index (χ1v) is 10.4. The highest BCUT2D eigenvalue weighted by Gasteiger charge is 2.32. The Morgan fingerprint density at radius 2 is 2.14 bits per heavy atom. The molecule has 1 aliphatic heterocycles. The van der Waals surface area contributed by atoms with Crippen LogP contribution in [0.4, 0.5) is 4.79 Å². The minimum Gasteiger partial charge on any atom is -0.465 e. The summed E-state index contributed by atoms with van der Waals surface area (Å²) in [4.78, 5) is 25.5. The standard InChI is InChI=1S/C21H23IN4O3/c1-21(2,3)25(20(28)29)8-7-15-12-24-19(27)17-10-16(18(22)26(15)17)14-6-4-5-13(9-14)11-23/h4-6,9-10,15H,7-8,12H2,1-3H3,(H,24,27)(H,28,29). The number of fused-ring (bicyclic) bond motifs is 1. The molecule has 1 atom stereocenters. The van der Waals surface area contributed by atoms with Crippen molar-refractivity contribution in [3.8, 4) is 17.2 Å². The Morgan fingerprint density at radius 3 is 2.76 bits per heavy atom. The van der Waals surface area contributed by atoms with Crippen LogP contribution in [0.3, 0.4) is 0 Å². The fourth-order valence-electron chi connectivity index (χ4n) is 3.61. The van der Waals surface area contributed by atoms with Gasteiger partial charge in [0, 0.05) is 24.2 Å². The van der Waals surface area contributed by atoms with E-state index in [-0.39, 0.29) is 11.9 Å².